The summed E-state index contributed by atoms with van der Waals surface area (Å²) in [6.45, 7) is 2.25. The first-order chi connectivity index (χ1) is 12.1. The van der Waals surface area contributed by atoms with Crippen molar-refractivity contribution in [1.29, 1.82) is 0 Å². The molecular formula is C19H35N3O3. The maximum absolute atomic E-state index is 11.6. The topological polar surface area (TPSA) is 108 Å². The van der Waals surface area contributed by atoms with Gasteiger partial charge in [0.2, 0.25) is 0 Å². The van der Waals surface area contributed by atoms with Gasteiger partial charge >= 0.3 is 5.97 Å². The van der Waals surface area contributed by atoms with Crippen LogP contribution in [0.15, 0.2) is 16.3 Å². The van der Waals surface area contributed by atoms with Crippen LogP contribution in [0.2, 0.25) is 0 Å². The van der Waals surface area contributed by atoms with Crippen LogP contribution in [-0.2, 0) is 4.79 Å². The number of aliphatic imine (C=N–C) groups is 1. The Balaban J connectivity index is 2.39. The Morgan fingerprint density at radius 2 is 1.68 bits per heavy atom. The van der Waals surface area contributed by atoms with Crippen molar-refractivity contribution in [3.05, 3.63) is 11.3 Å². The van der Waals surface area contributed by atoms with Crippen LogP contribution in [0.3, 0.4) is 0 Å². The van der Waals surface area contributed by atoms with E-state index in [-0.39, 0.29) is 18.6 Å². The monoisotopic (exact) mass is 353 g/mol. The quantitative estimate of drug-likeness (QED) is 0.358. The van der Waals surface area contributed by atoms with Crippen molar-refractivity contribution in [2.45, 2.75) is 90.0 Å². The fourth-order valence-electron chi connectivity index (χ4n) is 3.27. The second-order valence-corrected chi connectivity index (χ2v) is 6.80. The van der Waals surface area contributed by atoms with Gasteiger partial charge in [0.15, 0.2) is 5.96 Å². The molecule has 0 aliphatic carbocycles. The molecule has 0 aromatic carbocycles. The fraction of sp³-hybridized carbons (Fsp3) is 0.789. The number of hydrogen-bond donors (Lipinski definition) is 4. The summed E-state index contributed by atoms with van der Waals surface area (Å²) in [4.78, 5) is 15.9. The zero-order chi connectivity index (χ0) is 18.5. The summed E-state index contributed by atoms with van der Waals surface area (Å²) in [6, 6.07) is -0.378. The second kappa shape index (κ2) is 12.8. The summed E-state index contributed by atoms with van der Waals surface area (Å²) in [6.07, 6.45) is 12.8. The zero-order valence-electron chi connectivity index (χ0n) is 15.6. The van der Waals surface area contributed by atoms with E-state index in [4.69, 9.17) is 10.8 Å². The fourth-order valence-corrected chi connectivity index (χ4v) is 3.27. The largest absolute Gasteiger partial charge is 0.478 e. The number of nitrogens with two attached hydrogens (primary N) is 1. The molecule has 25 heavy (non-hydrogen) atoms. The van der Waals surface area contributed by atoms with E-state index in [0.29, 0.717) is 30.5 Å². The van der Waals surface area contributed by atoms with E-state index in [9.17, 15) is 9.90 Å². The second-order valence-electron chi connectivity index (χ2n) is 6.80. The number of aliphatic carboxylic acids is 1. The van der Waals surface area contributed by atoms with Crippen molar-refractivity contribution in [1.82, 2.24) is 5.32 Å². The number of guanidine groups is 1. The molecule has 1 aliphatic rings. The molecule has 144 valence electrons. The van der Waals surface area contributed by atoms with E-state index in [2.05, 4.69) is 17.2 Å². The first-order valence-electron chi connectivity index (χ1n) is 9.77. The number of allylic oxidation sites excluding steroid dienone is 1. The average Bonchev–Trinajstić information content (AvgIpc) is 2.57. The van der Waals surface area contributed by atoms with Crippen LogP contribution >= 0.6 is 0 Å². The number of nitrogens with one attached hydrogen (secondary N) is 1. The van der Waals surface area contributed by atoms with E-state index in [0.717, 1.165) is 12.8 Å². The minimum atomic E-state index is -0.947. The molecule has 0 spiro atoms. The van der Waals surface area contributed by atoms with Gasteiger partial charge < -0.3 is 21.3 Å². The van der Waals surface area contributed by atoms with Gasteiger partial charge in [-0.3, -0.25) is 0 Å². The van der Waals surface area contributed by atoms with E-state index < -0.39 is 5.97 Å². The number of aliphatic hydroxyl groups is 1. The third-order valence-electron chi connectivity index (χ3n) is 4.63. The van der Waals surface area contributed by atoms with Crippen LogP contribution in [0.5, 0.6) is 0 Å². The highest BCUT2D eigenvalue weighted by atomic mass is 16.4. The molecule has 1 rings (SSSR count). The molecular weight excluding hydrogens is 318 g/mol. The predicted octanol–water partition coefficient (Wildman–Crippen LogP) is 3.31. The van der Waals surface area contributed by atoms with E-state index in [1.165, 1.54) is 44.9 Å². The maximum atomic E-state index is 11.6. The highest BCUT2D eigenvalue weighted by molar-refractivity contribution is 5.93. The molecule has 1 aliphatic heterocycles. The Bertz CT molecular complexity index is 461. The number of hydrogen-bond acceptors (Lipinski definition) is 5. The highest BCUT2D eigenvalue weighted by Gasteiger charge is 2.27. The average molecular weight is 354 g/mol. The maximum Gasteiger partial charge on any atom is 0.335 e. The molecule has 5 N–H and O–H groups in total. The van der Waals surface area contributed by atoms with Crippen molar-refractivity contribution >= 4 is 11.9 Å². The lowest BCUT2D eigenvalue weighted by Crippen LogP contribution is -2.40. The van der Waals surface area contributed by atoms with Crippen molar-refractivity contribution < 1.29 is 15.0 Å². The molecule has 0 amide bonds. The summed E-state index contributed by atoms with van der Waals surface area (Å²) in [7, 11) is 0. The van der Waals surface area contributed by atoms with Gasteiger partial charge in [-0.1, -0.05) is 64.7 Å². The normalized spacial score (nSPS) is 17.4. The lowest BCUT2D eigenvalue weighted by atomic mass is 9.95. The number of carboxylic acids is 1. The van der Waals surface area contributed by atoms with Crippen LogP contribution in [0, 0.1) is 0 Å². The van der Waals surface area contributed by atoms with Crippen LogP contribution in [0.4, 0.5) is 0 Å². The Hall–Kier alpha value is -1.56. The van der Waals surface area contributed by atoms with Gasteiger partial charge in [0.1, 0.15) is 0 Å². The third kappa shape index (κ3) is 8.38. The lowest BCUT2D eigenvalue weighted by molar-refractivity contribution is -0.133. The Morgan fingerprint density at radius 1 is 1.08 bits per heavy atom. The van der Waals surface area contributed by atoms with Crippen molar-refractivity contribution in [2.75, 3.05) is 6.61 Å². The molecule has 0 aromatic heterocycles. The van der Waals surface area contributed by atoms with Crippen molar-refractivity contribution in [2.24, 2.45) is 10.7 Å². The number of unbranched alkanes of at least 4 members (excludes halogenated alkanes) is 8. The van der Waals surface area contributed by atoms with Gasteiger partial charge in [0.25, 0.3) is 0 Å². The molecule has 0 saturated heterocycles. The van der Waals surface area contributed by atoms with Gasteiger partial charge in [-0.2, -0.15) is 0 Å². The molecule has 0 saturated carbocycles. The number of carboxylic acid groups (broad SMARTS) is 1. The molecule has 1 heterocycles. The molecule has 6 nitrogen and oxygen atoms in total. The minimum Gasteiger partial charge on any atom is -0.478 e. The molecule has 6 heteroatoms. The molecule has 0 radical (unpaired) electrons. The van der Waals surface area contributed by atoms with Crippen LogP contribution in [0.1, 0.15) is 84.0 Å². The smallest absolute Gasteiger partial charge is 0.335 e. The van der Waals surface area contributed by atoms with Gasteiger partial charge in [0, 0.05) is 12.3 Å². The molecule has 0 unspecified atom stereocenters. The summed E-state index contributed by atoms with van der Waals surface area (Å²) in [5, 5.41) is 21.4. The number of rotatable bonds is 14. The van der Waals surface area contributed by atoms with E-state index >= 15 is 0 Å². The van der Waals surface area contributed by atoms with Gasteiger partial charge in [-0.05, 0) is 19.3 Å². The van der Waals surface area contributed by atoms with Gasteiger partial charge in [-0.15, -0.1) is 0 Å². The number of nitrogens with zero attached hydrogens (tertiary/aromatic N) is 1. The minimum absolute atomic E-state index is 0.0258. The first kappa shape index (κ1) is 21.5. The molecule has 0 aromatic rings. The van der Waals surface area contributed by atoms with Crippen LogP contribution < -0.4 is 11.1 Å². The Morgan fingerprint density at radius 3 is 2.24 bits per heavy atom. The summed E-state index contributed by atoms with van der Waals surface area (Å²) in [5.74, 6) is -0.670. The standard InChI is InChI=1S/C19H35N3O3/c1-2-3-4-5-6-7-8-9-10-12-15-17(18(24)25)16(13-11-14-23)22-19(20)21-15/h15,23H,2-14H2,1H3,(H,24,25)(H3,20,21,22)/t15-/m1/s1. The zero-order valence-corrected chi connectivity index (χ0v) is 15.6. The molecule has 0 bridgehead atoms. The molecule has 0 fully saturated rings. The highest BCUT2D eigenvalue weighted by Crippen LogP contribution is 2.23. The Kier molecular flexibility index (Phi) is 11.0. The number of carbonyl (C=O) groups is 1. The van der Waals surface area contributed by atoms with Crippen LogP contribution in [-0.4, -0.2) is 34.8 Å². The van der Waals surface area contributed by atoms with E-state index in [1.54, 1.807) is 0 Å². The van der Waals surface area contributed by atoms with Crippen molar-refractivity contribution in [3.63, 3.8) is 0 Å². The van der Waals surface area contributed by atoms with Gasteiger partial charge in [-0.25, -0.2) is 9.79 Å². The van der Waals surface area contributed by atoms with Gasteiger partial charge in [0.05, 0.1) is 11.6 Å². The molecule has 1 atom stereocenters. The Labute approximate surface area is 151 Å². The first-order valence-corrected chi connectivity index (χ1v) is 9.77. The summed E-state index contributed by atoms with van der Waals surface area (Å²) in [5.41, 5.74) is 6.71. The SMILES string of the molecule is CCCCCCCCCCC[C@H]1N=C(N)NC(CCCO)=C1C(=O)O. The van der Waals surface area contributed by atoms with Crippen LogP contribution in [0.25, 0.3) is 0 Å². The number of aliphatic hydroxyl groups excluding tert-OH is 1. The third-order valence-corrected chi connectivity index (χ3v) is 4.63. The predicted molar refractivity (Wildman–Crippen MR) is 101 cm³/mol. The van der Waals surface area contributed by atoms with E-state index in [1.807, 2.05) is 0 Å². The summed E-state index contributed by atoms with van der Waals surface area (Å²) >= 11 is 0. The lowest BCUT2D eigenvalue weighted by Gasteiger charge is -2.24. The summed E-state index contributed by atoms with van der Waals surface area (Å²) < 4.78 is 0. The van der Waals surface area contributed by atoms with Crippen molar-refractivity contribution in [3.8, 4) is 0 Å².